The number of hydrogen-bond acceptors (Lipinski definition) is 4. The summed E-state index contributed by atoms with van der Waals surface area (Å²) in [6.07, 6.45) is 5.06. The summed E-state index contributed by atoms with van der Waals surface area (Å²) in [4.78, 5) is 34.2. The minimum Gasteiger partial charge on any atom is -0.351 e. The largest absolute Gasteiger partial charge is 0.351 e. The average Bonchev–Trinajstić information content (AvgIpc) is 3.09. The molecule has 4 rings (SSSR count). The predicted octanol–water partition coefficient (Wildman–Crippen LogP) is 1.66. The molecule has 2 aromatic heterocycles. The molecule has 0 spiro atoms. The summed E-state index contributed by atoms with van der Waals surface area (Å²) in [6.45, 7) is 1.35. The molecule has 134 valence electrons. The number of benzene rings is 1. The van der Waals surface area contributed by atoms with Crippen molar-refractivity contribution in [2.24, 2.45) is 7.05 Å². The van der Waals surface area contributed by atoms with Crippen molar-refractivity contribution in [2.75, 3.05) is 18.0 Å². The lowest BCUT2D eigenvalue weighted by atomic mass is 10.1. The van der Waals surface area contributed by atoms with Crippen molar-refractivity contribution in [3.05, 3.63) is 58.8 Å². The zero-order valence-electron chi connectivity index (χ0n) is 14.6. The van der Waals surface area contributed by atoms with E-state index in [0.717, 1.165) is 30.3 Å². The second kappa shape index (κ2) is 6.67. The molecule has 3 aromatic rings. The van der Waals surface area contributed by atoms with E-state index in [1.165, 1.54) is 4.57 Å². The molecule has 0 bridgehead atoms. The highest BCUT2D eigenvalue weighted by Gasteiger charge is 2.25. The van der Waals surface area contributed by atoms with Crippen molar-refractivity contribution in [1.82, 2.24) is 19.9 Å². The summed E-state index contributed by atoms with van der Waals surface area (Å²) in [6, 6.07) is 9.65. The number of nitrogens with zero attached hydrogens (tertiary/aromatic N) is 3. The molecule has 1 saturated heterocycles. The average molecular weight is 351 g/mol. The lowest BCUT2D eigenvalue weighted by molar-refractivity contribution is 0.0929. The molecule has 1 aliphatic heterocycles. The maximum Gasteiger partial charge on any atom is 0.293 e. The number of para-hydroxylation sites is 1. The van der Waals surface area contributed by atoms with Crippen LogP contribution in [0.4, 0.5) is 5.82 Å². The molecule has 26 heavy (non-hydrogen) atoms. The van der Waals surface area contributed by atoms with Gasteiger partial charge in [0.1, 0.15) is 5.69 Å². The van der Waals surface area contributed by atoms with E-state index in [2.05, 4.69) is 15.3 Å². The van der Waals surface area contributed by atoms with E-state index in [-0.39, 0.29) is 17.5 Å². The standard InChI is InChI=1S/C19H21N5O2/c1-23-10-8-20-17(19(23)26)24-9-4-6-14(12-24)21-18(25)16-11-13-5-2-3-7-15(13)22-16/h2-3,5,7-8,10-11,14,22H,4,6,9,12H2,1H3,(H,21,25)/t14-/m0/s1. The van der Waals surface area contributed by atoms with Crippen molar-refractivity contribution >= 4 is 22.6 Å². The molecule has 1 amide bonds. The molecule has 7 heteroatoms. The summed E-state index contributed by atoms with van der Waals surface area (Å²) < 4.78 is 1.52. The summed E-state index contributed by atoms with van der Waals surface area (Å²) in [5, 5.41) is 4.10. The van der Waals surface area contributed by atoms with Crippen LogP contribution in [-0.4, -0.2) is 39.6 Å². The second-order valence-electron chi connectivity index (χ2n) is 6.70. The number of amides is 1. The fraction of sp³-hybridized carbons (Fsp3) is 0.316. The van der Waals surface area contributed by atoms with Crippen LogP contribution in [0.5, 0.6) is 0 Å². The van der Waals surface area contributed by atoms with Gasteiger partial charge in [-0.05, 0) is 25.0 Å². The van der Waals surface area contributed by atoms with Crippen LogP contribution < -0.4 is 15.8 Å². The van der Waals surface area contributed by atoms with Gasteiger partial charge < -0.3 is 19.8 Å². The molecule has 0 aliphatic carbocycles. The highest BCUT2D eigenvalue weighted by molar-refractivity contribution is 5.98. The fourth-order valence-corrected chi connectivity index (χ4v) is 3.45. The van der Waals surface area contributed by atoms with E-state index in [1.807, 2.05) is 35.2 Å². The summed E-state index contributed by atoms with van der Waals surface area (Å²) >= 11 is 0. The zero-order chi connectivity index (χ0) is 18.1. The molecule has 3 heterocycles. The molecule has 0 unspecified atom stereocenters. The Morgan fingerprint density at radius 1 is 1.35 bits per heavy atom. The Kier molecular flexibility index (Phi) is 4.20. The first-order chi connectivity index (χ1) is 12.6. The Balaban J connectivity index is 1.48. The molecule has 0 saturated carbocycles. The van der Waals surface area contributed by atoms with Gasteiger partial charge in [-0.15, -0.1) is 0 Å². The van der Waals surface area contributed by atoms with Gasteiger partial charge in [0.25, 0.3) is 11.5 Å². The molecule has 2 N–H and O–H groups in total. The molecule has 1 atom stereocenters. The van der Waals surface area contributed by atoms with E-state index in [4.69, 9.17) is 0 Å². The number of aryl methyl sites for hydroxylation is 1. The number of carbonyl (C=O) groups excluding carboxylic acids is 1. The number of hydrogen-bond donors (Lipinski definition) is 2. The number of piperidine rings is 1. The first kappa shape index (κ1) is 16.4. The smallest absolute Gasteiger partial charge is 0.293 e. The highest BCUT2D eigenvalue weighted by Crippen LogP contribution is 2.17. The van der Waals surface area contributed by atoms with E-state index < -0.39 is 0 Å². The van der Waals surface area contributed by atoms with Crippen molar-refractivity contribution in [3.63, 3.8) is 0 Å². The minimum atomic E-state index is -0.123. The first-order valence-corrected chi connectivity index (χ1v) is 8.77. The number of carbonyl (C=O) groups is 1. The third-order valence-corrected chi connectivity index (χ3v) is 4.83. The first-order valence-electron chi connectivity index (χ1n) is 8.77. The minimum absolute atomic E-state index is 0.0191. The number of aromatic amines is 1. The van der Waals surface area contributed by atoms with Gasteiger partial charge in [-0.1, -0.05) is 18.2 Å². The van der Waals surface area contributed by atoms with E-state index >= 15 is 0 Å². The number of rotatable bonds is 3. The Bertz CT molecular complexity index is 973. The van der Waals surface area contributed by atoms with Gasteiger partial charge >= 0.3 is 0 Å². The Morgan fingerprint density at radius 3 is 3.04 bits per heavy atom. The number of anilines is 1. The fourth-order valence-electron chi connectivity index (χ4n) is 3.45. The molecule has 1 aromatic carbocycles. The van der Waals surface area contributed by atoms with Crippen LogP contribution in [0.2, 0.25) is 0 Å². The molecular formula is C19H21N5O2. The van der Waals surface area contributed by atoms with Crippen LogP contribution in [0.15, 0.2) is 47.5 Å². The monoisotopic (exact) mass is 351 g/mol. The van der Waals surface area contributed by atoms with Crippen LogP contribution in [0.25, 0.3) is 10.9 Å². The molecule has 7 nitrogen and oxygen atoms in total. The maximum atomic E-state index is 12.6. The molecule has 0 radical (unpaired) electrons. The SMILES string of the molecule is Cn1ccnc(N2CCC[C@H](NC(=O)c3cc4ccccc4[nH]3)C2)c1=O. The van der Waals surface area contributed by atoms with E-state index in [0.29, 0.717) is 18.1 Å². The van der Waals surface area contributed by atoms with Gasteiger partial charge in [-0.25, -0.2) is 4.98 Å². The third kappa shape index (κ3) is 3.08. The third-order valence-electron chi connectivity index (χ3n) is 4.83. The summed E-state index contributed by atoms with van der Waals surface area (Å²) in [7, 11) is 1.71. The van der Waals surface area contributed by atoms with Crippen LogP contribution in [-0.2, 0) is 7.05 Å². The topological polar surface area (TPSA) is 83.0 Å². The quantitative estimate of drug-likeness (QED) is 0.752. The number of nitrogens with one attached hydrogen (secondary N) is 2. The maximum absolute atomic E-state index is 12.6. The highest BCUT2D eigenvalue weighted by atomic mass is 16.2. The van der Waals surface area contributed by atoms with Crippen LogP contribution in [0.3, 0.4) is 0 Å². The van der Waals surface area contributed by atoms with Gasteiger partial charge in [0.05, 0.1) is 0 Å². The van der Waals surface area contributed by atoms with Crippen molar-refractivity contribution in [3.8, 4) is 0 Å². The van der Waals surface area contributed by atoms with Crippen LogP contribution >= 0.6 is 0 Å². The van der Waals surface area contributed by atoms with Gasteiger partial charge in [0.15, 0.2) is 5.82 Å². The van der Waals surface area contributed by atoms with E-state index in [1.54, 1.807) is 19.4 Å². The lowest BCUT2D eigenvalue weighted by Crippen LogP contribution is -2.49. The lowest BCUT2D eigenvalue weighted by Gasteiger charge is -2.33. The molecular weight excluding hydrogens is 330 g/mol. The van der Waals surface area contributed by atoms with Crippen LogP contribution in [0.1, 0.15) is 23.3 Å². The van der Waals surface area contributed by atoms with Crippen molar-refractivity contribution < 1.29 is 4.79 Å². The molecule has 1 aliphatic rings. The second-order valence-corrected chi connectivity index (χ2v) is 6.70. The van der Waals surface area contributed by atoms with Crippen molar-refractivity contribution in [1.29, 1.82) is 0 Å². The van der Waals surface area contributed by atoms with Gasteiger partial charge in [-0.2, -0.15) is 0 Å². The summed E-state index contributed by atoms with van der Waals surface area (Å²) in [5.74, 6) is 0.321. The zero-order valence-corrected chi connectivity index (χ0v) is 14.6. The number of H-pyrrole nitrogens is 1. The van der Waals surface area contributed by atoms with Gasteiger partial charge in [0, 0.05) is 49.5 Å². The molecule has 1 fully saturated rings. The number of aromatic nitrogens is 3. The summed E-state index contributed by atoms with van der Waals surface area (Å²) in [5.41, 5.74) is 1.38. The van der Waals surface area contributed by atoms with Gasteiger partial charge in [0.2, 0.25) is 0 Å². The van der Waals surface area contributed by atoms with Crippen LogP contribution in [0, 0.1) is 0 Å². The Hall–Kier alpha value is -3.09. The Morgan fingerprint density at radius 2 is 2.19 bits per heavy atom. The van der Waals surface area contributed by atoms with E-state index in [9.17, 15) is 9.59 Å². The predicted molar refractivity (Wildman–Crippen MR) is 100 cm³/mol. The Labute approximate surface area is 150 Å². The van der Waals surface area contributed by atoms with Gasteiger partial charge in [-0.3, -0.25) is 9.59 Å². The number of fused-ring (bicyclic) bond motifs is 1. The normalized spacial score (nSPS) is 17.4. The van der Waals surface area contributed by atoms with Crippen molar-refractivity contribution in [2.45, 2.75) is 18.9 Å².